The lowest BCUT2D eigenvalue weighted by atomic mass is 10.2. The van der Waals surface area contributed by atoms with E-state index in [-0.39, 0.29) is 9.77 Å². The lowest BCUT2D eigenvalue weighted by Gasteiger charge is -2.26. The number of fused-ring (bicyclic) bond motifs is 1. The minimum Gasteiger partial charge on any atom is -0.384 e. The Morgan fingerprint density at radius 1 is 1.05 bits per heavy atom. The van der Waals surface area contributed by atoms with E-state index in [9.17, 15) is 18.0 Å². The Kier molecular flexibility index (Phi) is 8.14. The molecule has 0 atom stereocenters. The molecule has 0 radical (unpaired) electrons. The lowest BCUT2D eigenvalue weighted by Crippen LogP contribution is -2.39. The lowest BCUT2D eigenvalue weighted by molar-refractivity contribution is 0.0398. The number of sulfonamides is 1. The molecule has 0 bridgehead atoms. The third kappa shape index (κ3) is 6.57. The van der Waals surface area contributed by atoms with Gasteiger partial charge in [0, 0.05) is 37.6 Å². The van der Waals surface area contributed by atoms with Crippen LogP contribution in [0.4, 0.5) is 16.2 Å². The van der Waals surface area contributed by atoms with E-state index in [0.29, 0.717) is 26.6 Å². The maximum Gasteiger partial charge on any atom is 0.333 e. The second-order valence-corrected chi connectivity index (χ2v) is 12.3. The molecule has 4 aromatic rings. The van der Waals surface area contributed by atoms with Gasteiger partial charge in [-0.1, -0.05) is 11.6 Å². The van der Waals surface area contributed by atoms with Crippen molar-refractivity contribution in [2.75, 3.05) is 50.0 Å². The van der Waals surface area contributed by atoms with E-state index in [0.717, 1.165) is 56.4 Å². The number of ether oxygens (including phenoxy) is 1. The number of hydrogen-bond donors (Lipinski definition) is 3. The molecule has 2 amide bonds. The number of halogens is 1. The van der Waals surface area contributed by atoms with Gasteiger partial charge < -0.3 is 15.4 Å². The predicted molar refractivity (Wildman–Crippen MR) is 152 cm³/mol. The molecule has 3 heterocycles. The molecule has 1 saturated heterocycles. The molecule has 1 fully saturated rings. The zero-order valence-electron chi connectivity index (χ0n) is 20.6. The molecule has 2 aromatic carbocycles. The minimum atomic E-state index is -4.04. The van der Waals surface area contributed by atoms with Crippen LogP contribution in [0.25, 0.3) is 16.6 Å². The number of rotatable bonds is 8. The van der Waals surface area contributed by atoms with Crippen molar-refractivity contribution in [1.82, 2.24) is 19.2 Å². The molecule has 11 nitrogen and oxygen atoms in total. The molecule has 39 heavy (non-hydrogen) atoms. The number of thiophene rings is 1. The number of nitrogens with one attached hydrogen (secondary N) is 3. The van der Waals surface area contributed by atoms with E-state index < -0.39 is 16.1 Å². The number of nitrogens with zero attached hydrogens (tertiary/aromatic N) is 3. The largest absolute Gasteiger partial charge is 0.384 e. The van der Waals surface area contributed by atoms with Crippen LogP contribution in [0, 0.1) is 0 Å². The summed E-state index contributed by atoms with van der Waals surface area (Å²) in [5.74, 6) is 0. The molecule has 0 aliphatic carbocycles. The number of benzene rings is 2. The van der Waals surface area contributed by atoms with Crippen LogP contribution < -0.4 is 20.9 Å². The van der Waals surface area contributed by atoms with Crippen molar-refractivity contribution < 1.29 is 17.9 Å². The number of aromatic nitrogens is 2. The predicted octanol–water partition coefficient (Wildman–Crippen LogP) is 3.36. The Morgan fingerprint density at radius 3 is 2.51 bits per heavy atom. The maximum absolute atomic E-state index is 13.1. The van der Waals surface area contributed by atoms with Gasteiger partial charge >= 0.3 is 6.03 Å². The van der Waals surface area contributed by atoms with Gasteiger partial charge in [-0.05, 0) is 54.6 Å². The van der Waals surface area contributed by atoms with Gasteiger partial charge in [0.1, 0.15) is 10.5 Å². The molecular formula is C25H25ClN6O5S2. The average Bonchev–Trinajstić information content (AvgIpc) is 3.37. The van der Waals surface area contributed by atoms with Crippen molar-refractivity contribution in [1.29, 1.82) is 0 Å². The summed E-state index contributed by atoms with van der Waals surface area (Å²) in [5, 5.41) is 6.32. The van der Waals surface area contributed by atoms with Gasteiger partial charge in [0.2, 0.25) is 0 Å². The van der Waals surface area contributed by atoms with Crippen LogP contribution in [0.3, 0.4) is 0 Å². The van der Waals surface area contributed by atoms with Crippen LogP contribution in [0.5, 0.6) is 0 Å². The van der Waals surface area contributed by atoms with Crippen molar-refractivity contribution in [2.24, 2.45) is 0 Å². The Hall–Kier alpha value is -3.49. The summed E-state index contributed by atoms with van der Waals surface area (Å²) in [7, 11) is -4.04. The average molecular weight is 589 g/mol. The first kappa shape index (κ1) is 27.1. The van der Waals surface area contributed by atoms with Gasteiger partial charge in [0.05, 0.1) is 34.1 Å². The molecule has 0 saturated carbocycles. The van der Waals surface area contributed by atoms with Crippen LogP contribution in [-0.2, 0) is 14.8 Å². The fourth-order valence-corrected chi connectivity index (χ4v) is 6.46. The molecule has 14 heteroatoms. The van der Waals surface area contributed by atoms with Gasteiger partial charge in [0.15, 0.2) is 0 Å². The van der Waals surface area contributed by atoms with Gasteiger partial charge in [0.25, 0.3) is 15.6 Å². The Balaban J connectivity index is 1.23. The third-order valence-corrected chi connectivity index (χ3v) is 9.12. The van der Waals surface area contributed by atoms with Crippen LogP contribution >= 0.6 is 22.9 Å². The second-order valence-electron chi connectivity index (χ2n) is 8.70. The molecule has 1 aliphatic heterocycles. The summed E-state index contributed by atoms with van der Waals surface area (Å²) in [6.07, 6.45) is 1.45. The van der Waals surface area contributed by atoms with Gasteiger partial charge in [-0.3, -0.25) is 14.3 Å². The fraction of sp³-hybridized carbons (Fsp3) is 0.240. The van der Waals surface area contributed by atoms with Crippen molar-refractivity contribution in [3.8, 4) is 5.69 Å². The number of hydrogen-bond acceptors (Lipinski definition) is 9. The van der Waals surface area contributed by atoms with Crippen molar-refractivity contribution in [2.45, 2.75) is 4.21 Å². The first-order valence-corrected chi connectivity index (χ1v) is 14.7. The third-order valence-electron chi connectivity index (χ3n) is 6.06. The summed E-state index contributed by atoms with van der Waals surface area (Å²) < 4.78 is 33.5. The smallest absolute Gasteiger partial charge is 0.333 e. The molecular weight excluding hydrogens is 564 g/mol. The Labute approximate surface area is 233 Å². The number of carbonyl (C=O) groups excluding carboxylic acids is 1. The van der Waals surface area contributed by atoms with Crippen LogP contribution in [0.1, 0.15) is 0 Å². The van der Waals surface area contributed by atoms with Gasteiger partial charge in [-0.15, -0.1) is 11.3 Å². The van der Waals surface area contributed by atoms with E-state index in [1.54, 1.807) is 30.3 Å². The standard InChI is InChI=1S/C25H25ClN6O5S2/c26-22-7-8-23(38-22)39(35,36)30-25(34)29-17-1-4-19(5-2-17)32-16-28-21-15-18(3-6-20(21)24(32)33)27-9-10-31-11-13-37-14-12-31/h1-8,15-16,27H,9-14H2,(H2,29,30,34). The quantitative estimate of drug-likeness (QED) is 0.285. The van der Waals surface area contributed by atoms with E-state index >= 15 is 0 Å². The summed E-state index contributed by atoms with van der Waals surface area (Å²) >= 11 is 6.62. The van der Waals surface area contributed by atoms with Crippen LogP contribution in [0.2, 0.25) is 4.34 Å². The summed E-state index contributed by atoms with van der Waals surface area (Å²) in [6, 6.07) is 13.7. The van der Waals surface area contributed by atoms with E-state index in [1.807, 2.05) is 16.9 Å². The molecule has 3 N–H and O–H groups in total. The zero-order valence-corrected chi connectivity index (χ0v) is 23.0. The molecule has 204 valence electrons. The fourth-order valence-electron chi connectivity index (χ4n) is 4.07. The normalized spacial score (nSPS) is 14.3. The number of morpholine rings is 1. The second kappa shape index (κ2) is 11.7. The first-order valence-electron chi connectivity index (χ1n) is 12.0. The Bertz CT molecular complexity index is 1650. The molecule has 2 aromatic heterocycles. The highest BCUT2D eigenvalue weighted by Gasteiger charge is 2.20. The highest BCUT2D eigenvalue weighted by atomic mass is 35.5. The number of anilines is 2. The number of carbonyl (C=O) groups is 1. The highest BCUT2D eigenvalue weighted by molar-refractivity contribution is 7.92. The maximum atomic E-state index is 13.1. The highest BCUT2D eigenvalue weighted by Crippen LogP contribution is 2.25. The summed E-state index contributed by atoms with van der Waals surface area (Å²) in [6.45, 7) is 5.06. The van der Waals surface area contributed by atoms with Crippen molar-refractivity contribution in [3.05, 3.63) is 75.6 Å². The van der Waals surface area contributed by atoms with Crippen LogP contribution in [0.15, 0.2) is 69.9 Å². The number of urea groups is 1. The van der Waals surface area contributed by atoms with E-state index in [4.69, 9.17) is 16.3 Å². The van der Waals surface area contributed by atoms with E-state index in [2.05, 4.69) is 20.5 Å². The van der Waals surface area contributed by atoms with Gasteiger partial charge in [-0.25, -0.2) is 22.9 Å². The van der Waals surface area contributed by atoms with Crippen LogP contribution in [-0.4, -0.2) is 68.3 Å². The topological polar surface area (TPSA) is 135 Å². The summed E-state index contributed by atoms with van der Waals surface area (Å²) in [5.41, 5.74) is 2.10. The summed E-state index contributed by atoms with van der Waals surface area (Å²) in [4.78, 5) is 32.2. The Morgan fingerprint density at radius 2 is 1.79 bits per heavy atom. The monoisotopic (exact) mass is 588 g/mol. The molecule has 5 rings (SSSR count). The molecule has 0 unspecified atom stereocenters. The number of amides is 2. The minimum absolute atomic E-state index is 0.0722. The molecule has 1 aliphatic rings. The zero-order chi connectivity index (χ0) is 27.4. The van der Waals surface area contributed by atoms with Crippen molar-refractivity contribution >= 4 is 61.3 Å². The van der Waals surface area contributed by atoms with E-state index in [1.165, 1.54) is 23.0 Å². The SMILES string of the molecule is O=C(Nc1ccc(-n2cnc3cc(NCCN4CCOCC4)ccc3c2=O)cc1)NS(=O)(=O)c1ccc(Cl)s1. The first-order chi connectivity index (χ1) is 18.8. The van der Waals surface area contributed by atoms with Gasteiger partial charge in [-0.2, -0.15) is 0 Å². The van der Waals surface area contributed by atoms with Crippen molar-refractivity contribution in [3.63, 3.8) is 0 Å². The molecule has 0 spiro atoms.